The Labute approximate surface area is 164 Å². The number of esters is 1. The third kappa shape index (κ3) is 3.17. The second kappa shape index (κ2) is 6.69. The maximum atomic E-state index is 12.6. The van der Waals surface area contributed by atoms with Gasteiger partial charge in [0, 0.05) is 29.3 Å². The fourth-order valence-electron chi connectivity index (χ4n) is 3.73. The molecular formula is C22H25NO5. The molecule has 6 heteroatoms. The van der Waals surface area contributed by atoms with Crippen molar-refractivity contribution in [3.63, 3.8) is 0 Å². The molecule has 1 atom stereocenters. The van der Waals surface area contributed by atoms with Gasteiger partial charge in [-0.2, -0.15) is 0 Å². The predicted molar refractivity (Wildman–Crippen MR) is 105 cm³/mol. The van der Waals surface area contributed by atoms with Gasteiger partial charge in [0.25, 0.3) is 0 Å². The molecule has 3 heterocycles. The Balaban J connectivity index is 1.82. The van der Waals surface area contributed by atoms with Crippen LogP contribution in [0.25, 0.3) is 11.3 Å². The van der Waals surface area contributed by atoms with E-state index in [4.69, 9.17) is 14.2 Å². The summed E-state index contributed by atoms with van der Waals surface area (Å²) in [6, 6.07) is 5.59. The number of rotatable bonds is 2. The summed E-state index contributed by atoms with van der Waals surface area (Å²) in [4.78, 5) is 24.7. The zero-order valence-corrected chi connectivity index (χ0v) is 16.7. The lowest BCUT2D eigenvalue weighted by Crippen LogP contribution is -2.26. The third-order valence-corrected chi connectivity index (χ3v) is 5.25. The molecule has 148 valence electrons. The smallest absolute Gasteiger partial charge is 0.343 e. The Hall–Kier alpha value is -2.76. The number of hydrogen-bond acceptors (Lipinski definition) is 5. The minimum atomic E-state index is -0.582. The van der Waals surface area contributed by atoms with E-state index < -0.39 is 5.97 Å². The number of fused-ring (bicyclic) bond motifs is 4. The van der Waals surface area contributed by atoms with E-state index in [-0.39, 0.29) is 29.1 Å². The molecule has 2 aromatic rings. The number of pyridine rings is 1. The Bertz CT molecular complexity index is 1000. The summed E-state index contributed by atoms with van der Waals surface area (Å²) in [6.45, 7) is 9.38. The SMILES string of the molecule is CCOC(=O)c1cn2c(cc1=O)-c1cc3c(cc1CC2C)OCC(C)(C)CO3. The van der Waals surface area contributed by atoms with Crippen molar-refractivity contribution in [2.45, 2.75) is 40.2 Å². The normalized spacial score (nSPS) is 19.2. The topological polar surface area (TPSA) is 66.8 Å². The lowest BCUT2D eigenvalue weighted by molar-refractivity contribution is 0.0523. The van der Waals surface area contributed by atoms with Gasteiger partial charge in [-0.1, -0.05) is 13.8 Å². The van der Waals surface area contributed by atoms with Crippen molar-refractivity contribution in [3.05, 3.63) is 45.7 Å². The standard InChI is InChI=1S/C22H25NO5/c1-5-26-21(25)16-10-23-13(2)6-14-7-19-20(28-12-22(3,4)11-27-19)8-15(14)17(23)9-18(16)24/h7-10,13H,5-6,11-12H2,1-4H3. The second-order valence-electron chi connectivity index (χ2n) is 8.32. The molecule has 1 aromatic carbocycles. The first-order valence-electron chi connectivity index (χ1n) is 9.65. The number of hydrogen-bond donors (Lipinski definition) is 0. The number of benzene rings is 1. The van der Waals surface area contributed by atoms with Crippen LogP contribution in [0.2, 0.25) is 0 Å². The molecule has 0 spiro atoms. The third-order valence-electron chi connectivity index (χ3n) is 5.25. The van der Waals surface area contributed by atoms with Gasteiger partial charge in [-0.25, -0.2) is 4.79 Å². The highest BCUT2D eigenvalue weighted by Crippen LogP contribution is 2.42. The van der Waals surface area contributed by atoms with Gasteiger partial charge in [0.2, 0.25) is 0 Å². The van der Waals surface area contributed by atoms with Crippen LogP contribution in [0.3, 0.4) is 0 Å². The molecule has 0 saturated carbocycles. The Kier molecular flexibility index (Phi) is 4.44. The molecule has 0 N–H and O–H groups in total. The maximum Gasteiger partial charge on any atom is 0.343 e. The Morgan fingerprint density at radius 3 is 2.57 bits per heavy atom. The van der Waals surface area contributed by atoms with Crippen LogP contribution >= 0.6 is 0 Å². The van der Waals surface area contributed by atoms with Crippen LogP contribution < -0.4 is 14.9 Å². The van der Waals surface area contributed by atoms with E-state index in [1.807, 2.05) is 16.7 Å². The van der Waals surface area contributed by atoms with E-state index in [1.165, 1.54) is 6.07 Å². The summed E-state index contributed by atoms with van der Waals surface area (Å²) in [5.41, 5.74) is 2.48. The van der Waals surface area contributed by atoms with Crippen LogP contribution in [0.1, 0.15) is 49.7 Å². The average Bonchev–Trinajstić information content (AvgIpc) is 2.79. The van der Waals surface area contributed by atoms with Crippen molar-refractivity contribution in [1.29, 1.82) is 0 Å². The molecule has 0 radical (unpaired) electrons. The number of nitrogens with zero attached hydrogens (tertiary/aromatic N) is 1. The van der Waals surface area contributed by atoms with Gasteiger partial charge >= 0.3 is 5.97 Å². The van der Waals surface area contributed by atoms with Crippen LogP contribution in [0.15, 0.2) is 29.2 Å². The van der Waals surface area contributed by atoms with Crippen LogP contribution in [0.4, 0.5) is 0 Å². The van der Waals surface area contributed by atoms with Crippen molar-refractivity contribution in [2.75, 3.05) is 19.8 Å². The predicted octanol–water partition coefficient (Wildman–Crippen LogP) is 3.61. The fraction of sp³-hybridized carbons (Fsp3) is 0.455. The molecule has 4 rings (SSSR count). The molecule has 6 nitrogen and oxygen atoms in total. The quantitative estimate of drug-likeness (QED) is 0.741. The van der Waals surface area contributed by atoms with E-state index in [0.717, 1.165) is 29.0 Å². The number of carbonyl (C=O) groups excluding carboxylic acids is 1. The van der Waals surface area contributed by atoms with Gasteiger partial charge in [-0.05, 0) is 38.0 Å². The van der Waals surface area contributed by atoms with Crippen molar-refractivity contribution in [3.8, 4) is 22.8 Å². The maximum absolute atomic E-state index is 12.6. The molecular weight excluding hydrogens is 358 g/mol. The van der Waals surface area contributed by atoms with Crippen LogP contribution in [0.5, 0.6) is 11.5 Å². The molecule has 0 saturated heterocycles. The van der Waals surface area contributed by atoms with E-state index in [9.17, 15) is 9.59 Å². The molecule has 0 amide bonds. The lowest BCUT2D eigenvalue weighted by atomic mass is 9.92. The second-order valence-corrected chi connectivity index (χ2v) is 8.32. The molecule has 0 fully saturated rings. The summed E-state index contributed by atoms with van der Waals surface area (Å²) in [7, 11) is 0. The number of aromatic nitrogens is 1. The largest absolute Gasteiger partial charge is 0.489 e. The molecule has 1 unspecified atom stereocenters. The lowest BCUT2D eigenvalue weighted by Gasteiger charge is -2.29. The van der Waals surface area contributed by atoms with Crippen LogP contribution in [-0.4, -0.2) is 30.4 Å². The van der Waals surface area contributed by atoms with Crippen LogP contribution in [-0.2, 0) is 11.2 Å². The van der Waals surface area contributed by atoms with E-state index in [0.29, 0.717) is 19.0 Å². The van der Waals surface area contributed by atoms with Gasteiger partial charge in [0.15, 0.2) is 16.9 Å². The summed E-state index contributed by atoms with van der Waals surface area (Å²) < 4.78 is 19.0. The van der Waals surface area contributed by atoms with E-state index in [2.05, 4.69) is 20.8 Å². The van der Waals surface area contributed by atoms with Crippen LogP contribution in [0, 0.1) is 5.41 Å². The van der Waals surface area contributed by atoms with Crippen molar-refractivity contribution in [2.24, 2.45) is 5.41 Å². The zero-order chi connectivity index (χ0) is 20.1. The zero-order valence-electron chi connectivity index (χ0n) is 16.7. The molecule has 2 aliphatic heterocycles. The number of ether oxygens (including phenoxy) is 3. The first kappa shape index (κ1) is 18.6. The highest BCUT2D eigenvalue weighted by atomic mass is 16.5. The highest BCUT2D eigenvalue weighted by molar-refractivity contribution is 5.89. The minimum absolute atomic E-state index is 0.0667. The van der Waals surface area contributed by atoms with Gasteiger partial charge < -0.3 is 18.8 Å². The van der Waals surface area contributed by atoms with Gasteiger partial charge in [-0.15, -0.1) is 0 Å². The highest BCUT2D eigenvalue weighted by Gasteiger charge is 2.29. The fourth-order valence-corrected chi connectivity index (χ4v) is 3.73. The molecule has 28 heavy (non-hydrogen) atoms. The van der Waals surface area contributed by atoms with Crippen molar-refractivity contribution in [1.82, 2.24) is 4.57 Å². The number of carbonyl (C=O) groups is 1. The Morgan fingerprint density at radius 1 is 1.21 bits per heavy atom. The summed E-state index contributed by atoms with van der Waals surface area (Å²) in [6.07, 6.45) is 2.39. The molecule has 2 aliphatic rings. The van der Waals surface area contributed by atoms with E-state index >= 15 is 0 Å². The Morgan fingerprint density at radius 2 is 1.89 bits per heavy atom. The average molecular weight is 383 g/mol. The van der Waals surface area contributed by atoms with Crippen molar-refractivity contribution < 1.29 is 19.0 Å². The van der Waals surface area contributed by atoms with Gasteiger partial charge in [0.1, 0.15) is 5.56 Å². The van der Waals surface area contributed by atoms with Gasteiger partial charge in [-0.3, -0.25) is 4.79 Å². The van der Waals surface area contributed by atoms with Crippen molar-refractivity contribution >= 4 is 5.97 Å². The summed E-state index contributed by atoms with van der Waals surface area (Å²) in [5, 5.41) is 0. The molecule has 0 bridgehead atoms. The van der Waals surface area contributed by atoms with Gasteiger partial charge in [0.05, 0.1) is 25.5 Å². The first-order chi connectivity index (χ1) is 13.3. The summed E-state index contributed by atoms with van der Waals surface area (Å²) in [5.74, 6) is 0.851. The summed E-state index contributed by atoms with van der Waals surface area (Å²) >= 11 is 0. The monoisotopic (exact) mass is 383 g/mol. The first-order valence-corrected chi connectivity index (χ1v) is 9.65. The van der Waals surface area contributed by atoms with E-state index in [1.54, 1.807) is 13.1 Å². The molecule has 0 aliphatic carbocycles. The minimum Gasteiger partial charge on any atom is -0.489 e. The molecule has 1 aromatic heterocycles.